The van der Waals surface area contributed by atoms with Crippen molar-refractivity contribution in [2.24, 2.45) is 5.73 Å². The van der Waals surface area contributed by atoms with Crippen LogP contribution < -0.4 is 15.8 Å². The molecule has 0 unspecified atom stereocenters. The normalized spacial score (nSPS) is 11.4. The van der Waals surface area contributed by atoms with Gasteiger partial charge in [-0.1, -0.05) is 15.9 Å². The quantitative estimate of drug-likeness (QED) is 0.142. The van der Waals surface area contributed by atoms with Gasteiger partial charge in [0.25, 0.3) is 5.69 Å². The van der Waals surface area contributed by atoms with Crippen LogP contribution in [0, 0.1) is 10.1 Å². The zero-order valence-corrected chi connectivity index (χ0v) is 20.0. The summed E-state index contributed by atoms with van der Waals surface area (Å²) >= 11 is 3.27. The van der Waals surface area contributed by atoms with Gasteiger partial charge >= 0.3 is 0 Å². The molecule has 9 heteroatoms. The molecule has 0 atom stereocenters. The predicted octanol–water partition coefficient (Wildman–Crippen LogP) is 2.84. The number of hydrogen-bond acceptors (Lipinski definition) is 7. The van der Waals surface area contributed by atoms with Crippen LogP contribution in [-0.2, 0) is 5.33 Å². The van der Waals surface area contributed by atoms with E-state index in [0.717, 1.165) is 52.1 Å². The van der Waals surface area contributed by atoms with Gasteiger partial charge in [-0.25, -0.2) is 0 Å². The van der Waals surface area contributed by atoms with Crippen LogP contribution in [-0.4, -0.2) is 81.2 Å². The highest BCUT2D eigenvalue weighted by atomic mass is 79.9. The van der Waals surface area contributed by atoms with Crippen LogP contribution >= 0.6 is 15.9 Å². The van der Waals surface area contributed by atoms with E-state index in [1.807, 2.05) is 0 Å². The fraction of sp³-hybridized carbons (Fsp3) is 0.714. The molecule has 0 fully saturated rings. The van der Waals surface area contributed by atoms with Gasteiger partial charge in [0.05, 0.1) is 11.0 Å². The molecule has 3 N–H and O–H groups in total. The number of nitro groups is 1. The van der Waals surface area contributed by atoms with Crippen LogP contribution in [0.4, 0.5) is 5.69 Å². The monoisotopic (exact) mass is 487 g/mol. The second-order valence-corrected chi connectivity index (χ2v) is 8.15. The van der Waals surface area contributed by atoms with E-state index in [1.165, 1.54) is 18.9 Å². The summed E-state index contributed by atoms with van der Waals surface area (Å²) in [5.74, 6) is 0.529. The second kappa shape index (κ2) is 16.4. The minimum atomic E-state index is -0.377. The van der Waals surface area contributed by atoms with Gasteiger partial charge in [-0.2, -0.15) is 0 Å². The van der Waals surface area contributed by atoms with Gasteiger partial charge in [-0.05, 0) is 91.2 Å². The number of nitrogens with two attached hydrogens (primary N) is 1. The summed E-state index contributed by atoms with van der Waals surface area (Å²) in [4.78, 5) is 15.4. The van der Waals surface area contributed by atoms with Crippen LogP contribution in [0.15, 0.2) is 18.2 Å². The van der Waals surface area contributed by atoms with Gasteiger partial charge in [0, 0.05) is 17.4 Å². The lowest BCUT2D eigenvalue weighted by atomic mass is 10.2. The molecule has 0 aliphatic heterocycles. The molecular formula is C21H38BrN5O3. The van der Waals surface area contributed by atoms with E-state index in [4.69, 9.17) is 10.5 Å². The van der Waals surface area contributed by atoms with Gasteiger partial charge in [-0.3, -0.25) is 10.1 Å². The Morgan fingerprint density at radius 2 is 1.70 bits per heavy atom. The van der Waals surface area contributed by atoms with Gasteiger partial charge in [0.15, 0.2) is 0 Å². The number of nitrogens with zero attached hydrogens (tertiary/aromatic N) is 3. The second-order valence-electron chi connectivity index (χ2n) is 7.59. The lowest BCUT2D eigenvalue weighted by Crippen LogP contribution is -2.28. The van der Waals surface area contributed by atoms with E-state index >= 15 is 0 Å². The van der Waals surface area contributed by atoms with E-state index in [1.54, 1.807) is 12.1 Å². The Balaban J connectivity index is 2.05. The van der Waals surface area contributed by atoms with Crippen molar-refractivity contribution in [3.8, 4) is 5.75 Å². The predicted molar refractivity (Wildman–Crippen MR) is 127 cm³/mol. The van der Waals surface area contributed by atoms with Crippen molar-refractivity contribution in [3.05, 3.63) is 33.9 Å². The van der Waals surface area contributed by atoms with Crippen molar-refractivity contribution in [3.63, 3.8) is 0 Å². The zero-order valence-electron chi connectivity index (χ0n) is 18.4. The number of alkyl halides is 1. The van der Waals surface area contributed by atoms with E-state index in [9.17, 15) is 10.1 Å². The number of benzene rings is 1. The first-order valence-electron chi connectivity index (χ1n) is 10.7. The molecule has 1 aromatic rings. The van der Waals surface area contributed by atoms with Gasteiger partial charge in [0.1, 0.15) is 12.4 Å². The molecule has 0 saturated heterocycles. The number of ether oxygens (including phenoxy) is 1. The Labute approximate surface area is 189 Å². The average Bonchev–Trinajstić information content (AvgIpc) is 2.74. The number of unbranched alkanes of at least 4 members (excludes halogenated alkanes) is 1. The topological polar surface area (TPSA) is 96.9 Å². The number of halogens is 1. The molecule has 0 heterocycles. The SMILES string of the molecule is CN(CCCN)CCCCN(C)CCCNCCOc1ccc(CBr)c([N+](=O)[O-])c1. The summed E-state index contributed by atoms with van der Waals surface area (Å²) < 4.78 is 5.63. The average molecular weight is 488 g/mol. The minimum Gasteiger partial charge on any atom is -0.492 e. The Bertz CT molecular complexity index is 606. The molecule has 0 saturated carbocycles. The molecule has 0 aromatic heterocycles. The number of rotatable bonds is 18. The first-order valence-corrected chi connectivity index (χ1v) is 11.8. The summed E-state index contributed by atoms with van der Waals surface area (Å²) in [6.45, 7) is 7.30. The molecule has 8 nitrogen and oxygen atoms in total. The third kappa shape index (κ3) is 11.8. The largest absolute Gasteiger partial charge is 0.492 e. The fourth-order valence-electron chi connectivity index (χ4n) is 3.10. The van der Waals surface area contributed by atoms with E-state index < -0.39 is 0 Å². The maximum atomic E-state index is 11.1. The summed E-state index contributed by atoms with van der Waals surface area (Å²) in [5, 5.41) is 14.9. The molecule has 0 aliphatic carbocycles. The molecule has 30 heavy (non-hydrogen) atoms. The Kier molecular flexibility index (Phi) is 14.7. The smallest absolute Gasteiger partial charge is 0.277 e. The zero-order chi connectivity index (χ0) is 22.2. The highest BCUT2D eigenvalue weighted by Gasteiger charge is 2.14. The molecule has 172 valence electrons. The minimum absolute atomic E-state index is 0.0857. The molecular weight excluding hydrogens is 450 g/mol. The highest BCUT2D eigenvalue weighted by molar-refractivity contribution is 9.08. The lowest BCUT2D eigenvalue weighted by Gasteiger charge is -2.19. The maximum Gasteiger partial charge on any atom is 0.277 e. The van der Waals surface area contributed by atoms with E-state index in [2.05, 4.69) is 45.1 Å². The number of nitro benzene ring substituents is 1. The van der Waals surface area contributed by atoms with Crippen molar-refractivity contribution in [2.75, 3.05) is 66.5 Å². The highest BCUT2D eigenvalue weighted by Crippen LogP contribution is 2.26. The molecule has 0 amide bonds. The van der Waals surface area contributed by atoms with Crippen molar-refractivity contribution >= 4 is 21.6 Å². The Morgan fingerprint density at radius 3 is 2.30 bits per heavy atom. The Morgan fingerprint density at radius 1 is 1.07 bits per heavy atom. The van der Waals surface area contributed by atoms with Crippen molar-refractivity contribution in [1.82, 2.24) is 15.1 Å². The van der Waals surface area contributed by atoms with Gasteiger partial charge in [0.2, 0.25) is 0 Å². The molecule has 0 bridgehead atoms. The standard InChI is InChI=1S/C21H38BrN5O3/c1-25(14-5-9-23)12-3-4-13-26(2)15-6-10-24-11-16-30-20-8-7-19(18-22)21(17-20)27(28)29/h7-8,17,24H,3-6,9-16,18,23H2,1-2H3. The molecule has 0 aliphatic rings. The molecule has 1 rings (SSSR count). The number of nitrogens with one attached hydrogen (secondary N) is 1. The van der Waals surface area contributed by atoms with Crippen LogP contribution in [0.3, 0.4) is 0 Å². The summed E-state index contributed by atoms with van der Waals surface area (Å²) in [6.07, 6.45) is 4.58. The van der Waals surface area contributed by atoms with Crippen molar-refractivity contribution < 1.29 is 9.66 Å². The molecule has 0 radical (unpaired) electrons. The fourth-order valence-corrected chi connectivity index (χ4v) is 3.58. The molecule has 0 spiro atoms. The summed E-state index contributed by atoms with van der Waals surface area (Å²) in [6, 6.07) is 4.99. The van der Waals surface area contributed by atoms with Crippen LogP contribution in [0.25, 0.3) is 0 Å². The van der Waals surface area contributed by atoms with E-state index in [-0.39, 0.29) is 10.6 Å². The third-order valence-electron chi connectivity index (χ3n) is 4.91. The van der Waals surface area contributed by atoms with E-state index in [0.29, 0.717) is 29.8 Å². The lowest BCUT2D eigenvalue weighted by molar-refractivity contribution is -0.385. The van der Waals surface area contributed by atoms with Crippen LogP contribution in [0.5, 0.6) is 5.75 Å². The van der Waals surface area contributed by atoms with Gasteiger partial charge < -0.3 is 25.6 Å². The third-order valence-corrected chi connectivity index (χ3v) is 5.52. The van der Waals surface area contributed by atoms with Gasteiger partial charge in [-0.15, -0.1) is 0 Å². The summed E-state index contributed by atoms with van der Waals surface area (Å²) in [7, 11) is 4.33. The summed E-state index contributed by atoms with van der Waals surface area (Å²) in [5.41, 5.74) is 6.27. The first kappa shape index (κ1) is 26.8. The molecule has 1 aromatic carbocycles. The van der Waals surface area contributed by atoms with Crippen molar-refractivity contribution in [2.45, 2.75) is 31.0 Å². The van der Waals surface area contributed by atoms with Crippen LogP contribution in [0.1, 0.15) is 31.2 Å². The first-order chi connectivity index (χ1) is 14.5. The van der Waals surface area contributed by atoms with Crippen LogP contribution in [0.2, 0.25) is 0 Å². The Hall–Kier alpha value is -1.26. The number of hydrogen-bond donors (Lipinski definition) is 2. The van der Waals surface area contributed by atoms with Crippen molar-refractivity contribution in [1.29, 1.82) is 0 Å². The maximum absolute atomic E-state index is 11.1.